The summed E-state index contributed by atoms with van der Waals surface area (Å²) in [6, 6.07) is 4.00. The van der Waals surface area contributed by atoms with E-state index in [1.165, 1.54) is 24.6 Å². The van der Waals surface area contributed by atoms with Crippen molar-refractivity contribution in [2.45, 2.75) is 11.8 Å². The molecule has 0 saturated carbocycles. The molecule has 0 aliphatic rings. The first-order valence-electron chi connectivity index (χ1n) is 5.24. The summed E-state index contributed by atoms with van der Waals surface area (Å²) in [5.74, 6) is -0.395. The predicted octanol–water partition coefficient (Wildman–Crippen LogP) is 2.93. The fourth-order valence-electron chi connectivity index (χ4n) is 1.45. The summed E-state index contributed by atoms with van der Waals surface area (Å²) in [6.45, 7) is 1.64. The van der Waals surface area contributed by atoms with Crippen LogP contribution in [0.15, 0.2) is 38.4 Å². The van der Waals surface area contributed by atoms with E-state index in [9.17, 15) is 13.2 Å². The minimum absolute atomic E-state index is 0.0695. The number of hydrogen-bond acceptors (Lipinski definition) is 5. The van der Waals surface area contributed by atoms with Gasteiger partial charge in [0.05, 0.1) is 16.3 Å². The maximum Gasteiger partial charge on any atom is 0.293 e. The number of rotatable bonds is 3. The van der Waals surface area contributed by atoms with Gasteiger partial charge in [-0.1, -0.05) is 0 Å². The zero-order valence-electron chi connectivity index (χ0n) is 10.1. The summed E-state index contributed by atoms with van der Waals surface area (Å²) in [4.78, 5) is 15.7. The summed E-state index contributed by atoms with van der Waals surface area (Å²) in [7, 11) is 1.41. The van der Waals surface area contributed by atoms with Crippen molar-refractivity contribution in [1.82, 2.24) is 4.98 Å². The van der Waals surface area contributed by atoms with Crippen molar-refractivity contribution in [1.29, 1.82) is 0 Å². The number of hydrogen-bond donors (Lipinski definition) is 1. The van der Waals surface area contributed by atoms with Gasteiger partial charge in [-0.3, -0.25) is 4.79 Å². The van der Waals surface area contributed by atoms with E-state index in [1.54, 1.807) is 6.92 Å². The Morgan fingerprint density at radius 1 is 1.45 bits per heavy atom. The van der Waals surface area contributed by atoms with Gasteiger partial charge in [0, 0.05) is 15.2 Å². The highest BCUT2D eigenvalue weighted by molar-refractivity contribution is 9.10. The van der Waals surface area contributed by atoms with Gasteiger partial charge < -0.3 is 9.73 Å². The Labute approximate surface area is 127 Å². The van der Waals surface area contributed by atoms with Crippen LogP contribution in [0.4, 0.5) is 5.69 Å². The third-order valence-electron chi connectivity index (χ3n) is 2.42. The van der Waals surface area contributed by atoms with E-state index in [0.717, 1.165) is 0 Å². The van der Waals surface area contributed by atoms with E-state index in [1.807, 2.05) is 0 Å². The molecule has 20 heavy (non-hydrogen) atoms. The first-order valence-corrected chi connectivity index (χ1v) is 8.35. The molecule has 0 bridgehead atoms. The van der Waals surface area contributed by atoms with E-state index < -0.39 is 15.0 Å². The number of halogens is 2. The Bertz CT molecular complexity index is 772. The van der Waals surface area contributed by atoms with Crippen LogP contribution in [0.2, 0.25) is 0 Å². The lowest BCUT2D eigenvalue weighted by Gasteiger charge is -2.07. The highest BCUT2D eigenvalue weighted by Gasteiger charge is 2.17. The molecule has 1 aromatic carbocycles. The molecule has 9 heteroatoms. The largest absolute Gasteiger partial charge is 0.438 e. The number of carbonyl (C=O) groups excluding carboxylic acids is 1. The molecule has 1 heterocycles. The average Bonchev–Trinajstić information content (AvgIpc) is 2.76. The van der Waals surface area contributed by atoms with Crippen LogP contribution in [0.25, 0.3) is 0 Å². The molecule has 0 fully saturated rings. The third-order valence-corrected chi connectivity index (χ3v) is 4.43. The second-order valence-electron chi connectivity index (χ2n) is 3.80. The van der Waals surface area contributed by atoms with Crippen LogP contribution in [0, 0.1) is 6.92 Å². The van der Waals surface area contributed by atoms with Gasteiger partial charge in [-0.05, 0) is 41.1 Å². The quantitative estimate of drug-likeness (QED) is 0.828. The topological polar surface area (TPSA) is 89.3 Å². The molecule has 6 nitrogen and oxygen atoms in total. The van der Waals surface area contributed by atoms with Crippen LogP contribution < -0.4 is 5.32 Å². The summed E-state index contributed by atoms with van der Waals surface area (Å²) in [6.07, 6.45) is 1.17. The molecule has 0 aliphatic carbocycles. The zero-order chi connectivity index (χ0) is 14.9. The summed E-state index contributed by atoms with van der Waals surface area (Å²) in [5.41, 5.74) is 0.841. The van der Waals surface area contributed by atoms with Crippen molar-refractivity contribution < 1.29 is 17.6 Å². The van der Waals surface area contributed by atoms with Crippen molar-refractivity contribution in [3.8, 4) is 0 Å². The van der Waals surface area contributed by atoms with Crippen molar-refractivity contribution in [2.24, 2.45) is 0 Å². The molecule has 0 unspecified atom stereocenters. The lowest BCUT2D eigenvalue weighted by Crippen LogP contribution is -2.12. The maximum atomic E-state index is 11.9. The number of oxazole rings is 1. The van der Waals surface area contributed by atoms with Gasteiger partial charge in [-0.15, -0.1) is 0 Å². The van der Waals surface area contributed by atoms with Crippen molar-refractivity contribution in [3.05, 3.63) is 40.5 Å². The standard InChI is InChI=1S/C11H8BrClN2O4S/c1-6-10(19-5-14-6)11(16)15-9-3-2-7(4-8(9)12)20(13,17)18/h2-5H,1H3,(H,15,16). The SMILES string of the molecule is Cc1ncoc1C(=O)Nc1ccc(S(=O)(=O)Cl)cc1Br. The Morgan fingerprint density at radius 2 is 2.15 bits per heavy atom. The monoisotopic (exact) mass is 378 g/mol. The number of amides is 1. The second-order valence-corrected chi connectivity index (χ2v) is 7.22. The number of aryl methyl sites for hydroxylation is 1. The smallest absolute Gasteiger partial charge is 0.293 e. The van der Waals surface area contributed by atoms with E-state index in [4.69, 9.17) is 15.1 Å². The van der Waals surface area contributed by atoms with Crippen LogP contribution in [0.3, 0.4) is 0 Å². The van der Waals surface area contributed by atoms with Gasteiger partial charge >= 0.3 is 0 Å². The summed E-state index contributed by atoms with van der Waals surface area (Å²) in [5, 5.41) is 2.57. The third kappa shape index (κ3) is 3.20. The molecular formula is C11H8BrClN2O4S. The normalized spacial score (nSPS) is 11.3. The number of aromatic nitrogens is 1. The lowest BCUT2D eigenvalue weighted by atomic mass is 10.3. The molecular weight excluding hydrogens is 372 g/mol. The number of nitrogens with zero attached hydrogens (tertiary/aromatic N) is 1. The molecule has 0 atom stereocenters. The van der Waals surface area contributed by atoms with E-state index >= 15 is 0 Å². The van der Waals surface area contributed by atoms with E-state index in [0.29, 0.717) is 15.9 Å². The number of nitrogens with one attached hydrogen (secondary N) is 1. The van der Waals surface area contributed by atoms with E-state index in [2.05, 4.69) is 26.2 Å². The predicted molar refractivity (Wildman–Crippen MR) is 76.4 cm³/mol. The minimum atomic E-state index is -3.82. The molecule has 1 amide bonds. The molecule has 0 saturated heterocycles. The van der Waals surface area contributed by atoms with Crippen molar-refractivity contribution in [3.63, 3.8) is 0 Å². The molecule has 2 rings (SSSR count). The molecule has 0 radical (unpaired) electrons. The highest BCUT2D eigenvalue weighted by atomic mass is 79.9. The second kappa shape index (κ2) is 5.55. The number of carbonyl (C=O) groups is 1. The molecule has 106 valence electrons. The summed E-state index contributed by atoms with van der Waals surface area (Å²) < 4.78 is 27.7. The zero-order valence-corrected chi connectivity index (χ0v) is 13.2. The Hall–Kier alpha value is -1.38. The maximum absolute atomic E-state index is 11.9. The van der Waals surface area contributed by atoms with Crippen LogP contribution >= 0.6 is 26.6 Å². The Morgan fingerprint density at radius 3 is 2.65 bits per heavy atom. The van der Waals surface area contributed by atoms with Crippen LogP contribution in [0.5, 0.6) is 0 Å². The molecule has 0 aliphatic heterocycles. The fourth-order valence-corrected chi connectivity index (χ4v) is 2.85. The lowest BCUT2D eigenvalue weighted by molar-refractivity contribution is 0.0996. The van der Waals surface area contributed by atoms with Crippen LogP contribution in [0.1, 0.15) is 16.2 Å². The number of benzene rings is 1. The van der Waals surface area contributed by atoms with Crippen molar-refractivity contribution in [2.75, 3.05) is 5.32 Å². The van der Waals surface area contributed by atoms with Gasteiger partial charge in [-0.2, -0.15) is 0 Å². The first-order chi connectivity index (χ1) is 9.29. The van der Waals surface area contributed by atoms with Gasteiger partial charge in [-0.25, -0.2) is 13.4 Å². The molecule has 2 aromatic rings. The van der Waals surface area contributed by atoms with Crippen LogP contribution in [-0.2, 0) is 9.05 Å². The van der Waals surface area contributed by atoms with Gasteiger partial charge in [0.15, 0.2) is 6.39 Å². The molecule has 0 spiro atoms. The van der Waals surface area contributed by atoms with Crippen LogP contribution in [-0.4, -0.2) is 19.3 Å². The molecule has 1 N–H and O–H groups in total. The first kappa shape index (κ1) is 15.0. The Kier molecular flexibility index (Phi) is 4.17. The van der Waals surface area contributed by atoms with E-state index in [-0.39, 0.29) is 10.7 Å². The van der Waals surface area contributed by atoms with Gasteiger partial charge in [0.1, 0.15) is 0 Å². The Balaban J connectivity index is 2.27. The average molecular weight is 380 g/mol. The summed E-state index contributed by atoms with van der Waals surface area (Å²) >= 11 is 3.17. The fraction of sp³-hybridized carbons (Fsp3) is 0.0909. The molecule has 1 aromatic heterocycles. The highest BCUT2D eigenvalue weighted by Crippen LogP contribution is 2.27. The minimum Gasteiger partial charge on any atom is -0.438 e. The number of anilines is 1. The van der Waals surface area contributed by atoms with Gasteiger partial charge in [0.25, 0.3) is 15.0 Å². The van der Waals surface area contributed by atoms with Crippen molar-refractivity contribution >= 4 is 47.3 Å². The van der Waals surface area contributed by atoms with Gasteiger partial charge in [0.2, 0.25) is 5.76 Å².